The van der Waals surface area contributed by atoms with Crippen molar-refractivity contribution in [3.05, 3.63) is 63.0 Å². The number of aryl methyl sites for hydroxylation is 2. The van der Waals surface area contributed by atoms with Crippen molar-refractivity contribution in [2.75, 3.05) is 0 Å². The van der Waals surface area contributed by atoms with Gasteiger partial charge in [-0.15, -0.1) is 0 Å². The van der Waals surface area contributed by atoms with Crippen LogP contribution in [0.25, 0.3) is 5.69 Å². The van der Waals surface area contributed by atoms with Crippen molar-refractivity contribution in [2.24, 2.45) is 7.05 Å². The van der Waals surface area contributed by atoms with Crippen LogP contribution < -0.4 is 10.4 Å². The summed E-state index contributed by atoms with van der Waals surface area (Å²) in [4.78, 5) is 12.2. The third-order valence-electron chi connectivity index (χ3n) is 3.87. The van der Waals surface area contributed by atoms with E-state index in [0.29, 0.717) is 16.5 Å². The standard InChI is InChI=1S/C17H17ClN4O3/c1-3-11-5-4-6-15(22-17(24)21(2)19-20-22)13(11)10-25-16-8-7-12(23)9-14(16)18/h4-9,23H,3,10H2,1-2H3. The molecule has 3 aromatic rings. The van der Waals surface area contributed by atoms with Gasteiger partial charge < -0.3 is 9.84 Å². The molecule has 7 nitrogen and oxygen atoms in total. The third-order valence-corrected chi connectivity index (χ3v) is 4.16. The Labute approximate surface area is 149 Å². The molecule has 1 N–H and O–H groups in total. The summed E-state index contributed by atoms with van der Waals surface area (Å²) in [5.41, 5.74) is 2.14. The summed E-state index contributed by atoms with van der Waals surface area (Å²) in [6.07, 6.45) is 0.769. The van der Waals surface area contributed by atoms with Crippen molar-refractivity contribution in [3.63, 3.8) is 0 Å². The number of nitrogens with zero attached hydrogens (tertiary/aromatic N) is 4. The molecule has 0 bridgehead atoms. The molecule has 3 rings (SSSR count). The first-order valence-corrected chi connectivity index (χ1v) is 8.10. The quantitative estimate of drug-likeness (QED) is 0.755. The summed E-state index contributed by atoms with van der Waals surface area (Å²) in [5.74, 6) is 0.515. The van der Waals surface area contributed by atoms with Gasteiger partial charge in [-0.2, -0.15) is 9.36 Å². The summed E-state index contributed by atoms with van der Waals surface area (Å²) < 4.78 is 8.23. The Hall–Kier alpha value is -2.80. The maximum Gasteiger partial charge on any atom is 0.368 e. The normalized spacial score (nSPS) is 10.8. The fourth-order valence-electron chi connectivity index (χ4n) is 2.54. The van der Waals surface area contributed by atoms with Gasteiger partial charge in [-0.25, -0.2) is 4.79 Å². The summed E-state index contributed by atoms with van der Waals surface area (Å²) in [7, 11) is 1.54. The lowest BCUT2D eigenvalue weighted by molar-refractivity contribution is 0.304. The van der Waals surface area contributed by atoms with Crippen molar-refractivity contribution in [1.82, 2.24) is 19.8 Å². The van der Waals surface area contributed by atoms with Crippen molar-refractivity contribution in [2.45, 2.75) is 20.0 Å². The fourth-order valence-corrected chi connectivity index (χ4v) is 2.77. The van der Waals surface area contributed by atoms with E-state index < -0.39 is 0 Å². The molecule has 2 aromatic carbocycles. The molecule has 0 atom stereocenters. The van der Waals surface area contributed by atoms with E-state index in [0.717, 1.165) is 17.5 Å². The van der Waals surface area contributed by atoms with Gasteiger partial charge in [0.25, 0.3) is 0 Å². The molecule has 25 heavy (non-hydrogen) atoms. The molecule has 0 radical (unpaired) electrons. The molecule has 1 aromatic heterocycles. The van der Waals surface area contributed by atoms with E-state index in [9.17, 15) is 9.90 Å². The average molecular weight is 361 g/mol. The Balaban J connectivity index is 1.99. The lowest BCUT2D eigenvalue weighted by Gasteiger charge is -2.15. The molecule has 0 aliphatic carbocycles. The fraction of sp³-hybridized carbons (Fsp3) is 0.235. The van der Waals surface area contributed by atoms with Gasteiger partial charge in [0.2, 0.25) is 0 Å². The smallest absolute Gasteiger partial charge is 0.368 e. The van der Waals surface area contributed by atoms with Crippen molar-refractivity contribution >= 4 is 11.6 Å². The first kappa shape index (κ1) is 17.0. The number of hydrogen-bond acceptors (Lipinski definition) is 5. The molecule has 0 aliphatic rings. The summed E-state index contributed by atoms with van der Waals surface area (Å²) in [6, 6.07) is 10.2. The third kappa shape index (κ3) is 3.36. The van der Waals surface area contributed by atoms with Crippen LogP contribution in [0.1, 0.15) is 18.1 Å². The van der Waals surface area contributed by atoms with Gasteiger partial charge in [0.05, 0.1) is 10.7 Å². The topological polar surface area (TPSA) is 82.2 Å². The predicted octanol–water partition coefficient (Wildman–Crippen LogP) is 2.47. The second-order valence-corrected chi connectivity index (χ2v) is 5.88. The highest BCUT2D eigenvalue weighted by Crippen LogP contribution is 2.29. The van der Waals surface area contributed by atoms with Crippen LogP contribution in [0.5, 0.6) is 11.5 Å². The molecular formula is C17H17ClN4O3. The van der Waals surface area contributed by atoms with Crippen LogP contribution in [0.2, 0.25) is 5.02 Å². The molecule has 0 aliphatic heterocycles. The van der Waals surface area contributed by atoms with Gasteiger partial charge in [0.1, 0.15) is 18.1 Å². The minimum Gasteiger partial charge on any atom is -0.508 e. The van der Waals surface area contributed by atoms with Gasteiger partial charge in [0, 0.05) is 18.7 Å². The van der Waals surface area contributed by atoms with Crippen LogP contribution >= 0.6 is 11.6 Å². The van der Waals surface area contributed by atoms with Crippen LogP contribution in [0.4, 0.5) is 0 Å². The van der Waals surface area contributed by atoms with Crippen LogP contribution in [-0.2, 0) is 20.1 Å². The van der Waals surface area contributed by atoms with Gasteiger partial charge >= 0.3 is 5.69 Å². The molecule has 8 heteroatoms. The van der Waals surface area contributed by atoms with Crippen LogP contribution in [0.15, 0.2) is 41.2 Å². The number of aromatic nitrogens is 4. The highest BCUT2D eigenvalue weighted by atomic mass is 35.5. The Bertz CT molecular complexity index is 965. The highest BCUT2D eigenvalue weighted by Gasteiger charge is 2.15. The molecule has 0 unspecified atom stereocenters. The minimum atomic E-state index is -0.336. The maximum atomic E-state index is 12.2. The molecule has 0 fully saturated rings. The number of ether oxygens (including phenoxy) is 1. The van der Waals surface area contributed by atoms with E-state index in [2.05, 4.69) is 10.4 Å². The zero-order valence-corrected chi connectivity index (χ0v) is 14.6. The largest absolute Gasteiger partial charge is 0.508 e. The number of hydrogen-bond donors (Lipinski definition) is 1. The van der Waals surface area contributed by atoms with Crippen LogP contribution in [0, 0.1) is 0 Å². The van der Waals surface area contributed by atoms with E-state index >= 15 is 0 Å². The predicted molar refractivity (Wildman–Crippen MR) is 93.4 cm³/mol. The monoisotopic (exact) mass is 360 g/mol. The van der Waals surface area contributed by atoms with E-state index in [1.165, 1.54) is 21.5 Å². The summed E-state index contributed by atoms with van der Waals surface area (Å²) >= 11 is 6.09. The molecule has 0 saturated carbocycles. The molecule has 1 heterocycles. The number of phenols is 1. The maximum absolute atomic E-state index is 12.2. The van der Waals surface area contributed by atoms with Crippen molar-refractivity contribution < 1.29 is 9.84 Å². The molecule has 130 valence electrons. The van der Waals surface area contributed by atoms with Gasteiger partial charge in [-0.05, 0) is 40.6 Å². The highest BCUT2D eigenvalue weighted by molar-refractivity contribution is 6.32. The minimum absolute atomic E-state index is 0.0677. The zero-order valence-electron chi connectivity index (χ0n) is 13.8. The van der Waals surface area contributed by atoms with E-state index in [4.69, 9.17) is 16.3 Å². The average Bonchev–Trinajstić information content (AvgIpc) is 2.93. The van der Waals surface area contributed by atoms with E-state index in [-0.39, 0.29) is 18.0 Å². The van der Waals surface area contributed by atoms with Gasteiger partial charge in [0.15, 0.2) is 0 Å². The van der Waals surface area contributed by atoms with Crippen molar-refractivity contribution in [1.29, 1.82) is 0 Å². The number of rotatable bonds is 5. The molecular weight excluding hydrogens is 344 g/mol. The Morgan fingerprint density at radius 1 is 1.24 bits per heavy atom. The molecule has 0 saturated heterocycles. The van der Waals surface area contributed by atoms with E-state index in [1.807, 2.05) is 19.1 Å². The Morgan fingerprint density at radius 2 is 2.04 bits per heavy atom. The second kappa shape index (κ2) is 6.98. The van der Waals surface area contributed by atoms with Crippen molar-refractivity contribution in [3.8, 4) is 17.2 Å². The number of tetrazole rings is 1. The number of halogens is 1. The molecule has 0 amide bonds. The zero-order chi connectivity index (χ0) is 18.0. The Kier molecular flexibility index (Phi) is 4.76. The SMILES string of the molecule is CCc1cccc(-n2nnn(C)c2=O)c1COc1ccc(O)cc1Cl. The van der Waals surface area contributed by atoms with Crippen LogP contribution in [0.3, 0.4) is 0 Å². The lowest BCUT2D eigenvalue weighted by Crippen LogP contribution is -2.23. The first-order valence-electron chi connectivity index (χ1n) is 7.72. The lowest BCUT2D eigenvalue weighted by atomic mass is 10.0. The number of aromatic hydroxyl groups is 1. The van der Waals surface area contributed by atoms with Gasteiger partial charge in [-0.3, -0.25) is 0 Å². The first-order chi connectivity index (χ1) is 12.0. The van der Waals surface area contributed by atoms with E-state index in [1.54, 1.807) is 19.2 Å². The van der Waals surface area contributed by atoms with Gasteiger partial charge in [-0.1, -0.05) is 30.7 Å². The van der Waals surface area contributed by atoms with Crippen LogP contribution in [-0.4, -0.2) is 24.9 Å². The summed E-state index contributed by atoms with van der Waals surface area (Å²) in [5, 5.41) is 17.4. The number of benzene rings is 2. The summed E-state index contributed by atoms with van der Waals surface area (Å²) in [6.45, 7) is 2.22. The number of phenolic OH excluding ortho intramolecular Hbond substituents is 1. The molecule has 0 spiro atoms. The second-order valence-electron chi connectivity index (χ2n) is 5.47. The Morgan fingerprint density at radius 3 is 2.68 bits per heavy atom.